The monoisotopic (exact) mass is 236 g/mol. The minimum absolute atomic E-state index is 0.494. The summed E-state index contributed by atoms with van der Waals surface area (Å²) >= 11 is 0. The lowest BCUT2D eigenvalue weighted by Crippen LogP contribution is -2.29. The molecule has 0 aromatic rings. The molecule has 0 aliphatic carbocycles. The Bertz CT molecular complexity index is 193. The van der Waals surface area contributed by atoms with Crippen LogP contribution in [-0.2, 0) is 4.74 Å². The SMILES string of the molecule is C=C.CCC(C)(CC)OC(=O)O.O=C(O)O. The van der Waals surface area contributed by atoms with Crippen LogP contribution in [0.4, 0.5) is 9.59 Å². The second-order valence-corrected chi connectivity index (χ2v) is 2.81. The van der Waals surface area contributed by atoms with Crippen molar-refractivity contribution in [2.24, 2.45) is 0 Å². The number of rotatable bonds is 3. The van der Waals surface area contributed by atoms with Crippen molar-refractivity contribution in [3.63, 3.8) is 0 Å². The molecular formula is C10H20O6. The van der Waals surface area contributed by atoms with Crippen LogP contribution in [0, 0.1) is 0 Å². The summed E-state index contributed by atoms with van der Waals surface area (Å²) in [5.41, 5.74) is -0.494. The summed E-state index contributed by atoms with van der Waals surface area (Å²) in [5.74, 6) is 0. The van der Waals surface area contributed by atoms with Crippen LogP contribution < -0.4 is 0 Å². The van der Waals surface area contributed by atoms with Gasteiger partial charge in [0.05, 0.1) is 0 Å². The molecule has 16 heavy (non-hydrogen) atoms. The van der Waals surface area contributed by atoms with Gasteiger partial charge in [0, 0.05) is 0 Å². The Hall–Kier alpha value is -1.72. The largest absolute Gasteiger partial charge is 0.506 e. The average molecular weight is 236 g/mol. The van der Waals surface area contributed by atoms with Crippen molar-refractivity contribution < 1.29 is 29.6 Å². The molecule has 0 saturated heterocycles. The van der Waals surface area contributed by atoms with E-state index in [1.807, 2.05) is 13.8 Å². The minimum Gasteiger partial charge on any atom is -0.450 e. The fraction of sp³-hybridized carbons (Fsp3) is 0.600. The van der Waals surface area contributed by atoms with Gasteiger partial charge in [-0.2, -0.15) is 0 Å². The van der Waals surface area contributed by atoms with E-state index < -0.39 is 17.9 Å². The molecule has 3 N–H and O–H groups in total. The summed E-state index contributed by atoms with van der Waals surface area (Å²) in [6.07, 6.45) is -1.59. The fourth-order valence-corrected chi connectivity index (χ4v) is 0.605. The first-order valence-corrected chi connectivity index (χ1v) is 4.61. The standard InChI is InChI=1S/C7H14O3.C2H4.CH2O3/c1-4-7(3,5-2)10-6(8)9;1-2;2-1(3)4/h4-5H2,1-3H3,(H,8,9);1-2H2;(H2,2,3,4). The van der Waals surface area contributed by atoms with E-state index in [4.69, 9.17) is 20.1 Å². The Labute approximate surface area is 95.2 Å². The highest BCUT2D eigenvalue weighted by atomic mass is 16.7. The second-order valence-electron chi connectivity index (χ2n) is 2.81. The van der Waals surface area contributed by atoms with Gasteiger partial charge in [-0.25, -0.2) is 9.59 Å². The van der Waals surface area contributed by atoms with Crippen molar-refractivity contribution in [2.45, 2.75) is 39.2 Å². The average Bonchev–Trinajstić information content (AvgIpc) is 2.19. The number of hydrogen-bond donors (Lipinski definition) is 3. The fourth-order valence-electron chi connectivity index (χ4n) is 0.605. The molecular weight excluding hydrogens is 216 g/mol. The molecule has 0 amide bonds. The van der Waals surface area contributed by atoms with E-state index in [0.717, 1.165) is 12.8 Å². The highest BCUT2D eigenvalue weighted by Gasteiger charge is 2.23. The summed E-state index contributed by atoms with van der Waals surface area (Å²) in [6, 6.07) is 0. The molecule has 0 aliphatic rings. The minimum atomic E-state index is -1.83. The van der Waals surface area contributed by atoms with Crippen molar-refractivity contribution in [3.05, 3.63) is 13.2 Å². The van der Waals surface area contributed by atoms with Gasteiger partial charge in [-0.15, -0.1) is 13.2 Å². The molecule has 0 bridgehead atoms. The third kappa shape index (κ3) is 18.1. The molecule has 0 fully saturated rings. The summed E-state index contributed by atoms with van der Waals surface area (Å²) in [6.45, 7) is 11.6. The van der Waals surface area contributed by atoms with E-state index in [0.29, 0.717) is 0 Å². The van der Waals surface area contributed by atoms with Gasteiger partial charge in [-0.1, -0.05) is 13.8 Å². The normalized spacial score (nSPS) is 8.69. The van der Waals surface area contributed by atoms with Crippen LogP contribution in [0.3, 0.4) is 0 Å². The molecule has 0 radical (unpaired) electrons. The lowest BCUT2D eigenvalue weighted by Gasteiger charge is -2.24. The maximum Gasteiger partial charge on any atom is 0.506 e. The van der Waals surface area contributed by atoms with Crippen LogP contribution in [0.2, 0.25) is 0 Å². The Morgan fingerprint density at radius 2 is 1.38 bits per heavy atom. The topological polar surface area (TPSA) is 104 Å². The van der Waals surface area contributed by atoms with Crippen LogP contribution in [0.5, 0.6) is 0 Å². The lowest BCUT2D eigenvalue weighted by molar-refractivity contribution is -0.0121. The molecule has 0 spiro atoms. The molecule has 0 aromatic carbocycles. The molecule has 96 valence electrons. The number of carbonyl (C=O) groups is 2. The van der Waals surface area contributed by atoms with Crippen molar-refractivity contribution in [3.8, 4) is 0 Å². The molecule has 0 atom stereocenters. The number of ether oxygens (including phenoxy) is 1. The summed E-state index contributed by atoms with van der Waals surface area (Å²) in [7, 11) is 0. The van der Waals surface area contributed by atoms with Gasteiger partial charge in [-0.3, -0.25) is 0 Å². The number of carboxylic acid groups (broad SMARTS) is 3. The van der Waals surface area contributed by atoms with Crippen LogP contribution in [0.1, 0.15) is 33.6 Å². The molecule has 0 aliphatic heterocycles. The second kappa shape index (κ2) is 11.4. The molecule has 6 heteroatoms. The van der Waals surface area contributed by atoms with Gasteiger partial charge in [0.1, 0.15) is 5.60 Å². The van der Waals surface area contributed by atoms with E-state index >= 15 is 0 Å². The third-order valence-electron chi connectivity index (χ3n) is 1.83. The van der Waals surface area contributed by atoms with Gasteiger partial charge in [0.15, 0.2) is 0 Å². The third-order valence-corrected chi connectivity index (χ3v) is 1.83. The first-order valence-electron chi connectivity index (χ1n) is 4.61. The van der Waals surface area contributed by atoms with Gasteiger partial charge in [0.2, 0.25) is 0 Å². The Kier molecular flexibility index (Phi) is 14.0. The smallest absolute Gasteiger partial charge is 0.450 e. The van der Waals surface area contributed by atoms with Crippen LogP contribution in [0.15, 0.2) is 13.2 Å². The zero-order valence-corrected chi connectivity index (χ0v) is 9.89. The maximum atomic E-state index is 10.1. The predicted molar refractivity (Wildman–Crippen MR) is 60.0 cm³/mol. The van der Waals surface area contributed by atoms with Crippen LogP contribution in [-0.4, -0.2) is 33.2 Å². The lowest BCUT2D eigenvalue weighted by atomic mass is 10.0. The molecule has 6 nitrogen and oxygen atoms in total. The Balaban J connectivity index is -0.000000237. The van der Waals surface area contributed by atoms with E-state index in [-0.39, 0.29) is 0 Å². The quantitative estimate of drug-likeness (QED) is 0.513. The van der Waals surface area contributed by atoms with Gasteiger partial charge >= 0.3 is 12.3 Å². The van der Waals surface area contributed by atoms with Gasteiger partial charge in [0.25, 0.3) is 0 Å². The van der Waals surface area contributed by atoms with Crippen LogP contribution >= 0.6 is 0 Å². The van der Waals surface area contributed by atoms with Crippen molar-refractivity contribution in [2.75, 3.05) is 0 Å². The van der Waals surface area contributed by atoms with Crippen molar-refractivity contribution in [1.29, 1.82) is 0 Å². The van der Waals surface area contributed by atoms with Crippen LogP contribution in [0.25, 0.3) is 0 Å². The first kappa shape index (κ1) is 19.8. The maximum absolute atomic E-state index is 10.1. The van der Waals surface area contributed by atoms with E-state index in [9.17, 15) is 4.79 Å². The Morgan fingerprint density at radius 3 is 1.44 bits per heavy atom. The molecule has 0 unspecified atom stereocenters. The highest BCUT2D eigenvalue weighted by molar-refractivity contribution is 5.57. The van der Waals surface area contributed by atoms with Gasteiger partial charge in [-0.05, 0) is 19.8 Å². The van der Waals surface area contributed by atoms with E-state index in [1.54, 1.807) is 6.92 Å². The highest BCUT2D eigenvalue weighted by Crippen LogP contribution is 2.18. The summed E-state index contributed by atoms with van der Waals surface area (Å²) < 4.78 is 4.65. The summed E-state index contributed by atoms with van der Waals surface area (Å²) in [4.78, 5) is 18.7. The molecule has 0 aromatic heterocycles. The first-order chi connectivity index (χ1) is 7.27. The van der Waals surface area contributed by atoms with Crippen molar-refractivity contribution in [1.82, 2.24) is 0 Å². The molecule has 0 heterocycles. The predicted octanol–water partition coefficient (Wildman–Crippen LogP) is 3.28. The Morgan fingerprint density at radius 1 is 1.12 bits per heavy atom. The van der Waals surface area contributed by atoms with E-state index in [1.165, 1.54) is 0 Å². The summed E-state index contributed by atoms with van der Waals surface area (Å²) in [5, 5.41) is 22.2. The molecule has 0 rings (SSSR count). The zero-order valence-electron chi connectivity index (χ0n) is 9.89. The zero-order chi connectivity index (χ0) is 13.8. The van der Waals surface area contributed by atoms with E-state index in [2.05, 4.69) is 17.9 Å². The molecule has 0 saturated carbocycles. The van der Waals surface area contributed by atoms with Gasteiger partial charge < -0.3 is 20.1 Å². The number of hydrogen-bond acceptors (Lipinski definition) is 3. The van der Waals surface area contributed by atoms with Crippen molar-refractivity contribution >= 4 is 12.3 Å².